The Kier molecular flexibility index (Phi) is 4.57. The van der Waals surface area contributed by atoms with Gasteiger partial charge in [0.15, 0.2) is 0 Å². The first-order valence-corrected chi connectivity index (χ1v) is 8.80. The van der Waals surface area contributed by atoms with Gasteiger partial charge in [0.25, 0.3) is 5.89 Å². The number of hydrogen-bond donors (Lipinski definition) is 0. The molecule has 118 valence electrons. The van der Waals surface area contributed by atoms with Crippen molar-refractivity contribution in [3.63, 3.8) is 0 Å². The fourth-order valence-corrected chi connectivity index (χ4v) is 3.67. The molecule has 2 aromatic rings. The minimum atomic E-state index is -0.0608. The Morgan fingerprint density at radius 2 is 2.27 bits per heavy atom. The van der Waals surface area contributed by atoms with Gasteiger partial charge in [-0.25, -0.2) is 0 Å². The molecular weight excluding hydrogens is 298 g/mol. The van der Waals surface area contributed by atoms with Crippen LogP contribution in [0.25, 0.3) is 10.8 Å². The molecule has 0 bridgehead atoms. The highest BCUT2D eigenvalue weighted by atomic mass is 32.1. The topological polar surface area (TPSA) is 59.2 Å². The number of amides is 1. The zero-order valence-electron chi connectivity index (χ0n) is 13.0. The van der Waals surface area contributed by atoms with Crippen LogP contribution in [0.4, 0.5) is 0 Å². The molecule has 3 heterocycles. The third-order valence-corrected chi connectivity index (χ3v) is 5.19. The molecule has 1 fully saturated rings. The van der Waals surface area contributed by atoms with Gasteiger partial charge >= 0.3 is 0 Å². The quantitative estimate of drug-likeness (QED) is 0.838. The second-order valence-electron chi connectivity index (χ2n) is 5.63. The van der Waals surface area contributed by atoms with Crippen molar-refractivity contribution in [2.45, 2.75) is 45.6 Å². The van der Waals surface area contributed by atoms with Gasteiger partial charge in [-0.2, -0.15) is 0 Å². The molecule has 22 heavy (non-hydrogen) atoms. The minimum Gasteiger partial charge on any atom is -0.418 e. The molecule has 1 aliphatic rings. The van der Waals surface area contributed by atoms with Gasteiger partial charge in [0.1, 0.15) is 6.04 Å². The Balaban J connectivity index is 1.80. The van der Waals surface area contributed by atoms with Gasteiger partial charge in [0.05, 0.1) is 4.88 Å². The van der Waals surface area contributed by atoms with Crippen molar-refractivity contribution in [1.29, 1.82) is 0 Å². The molecule has 1 aliphatic heterocycles. The molecule has 1 saturated heterocycles. The molecule has 1 amide bonds. The number of thiophene rings is 1. The first-order valence-electron chi connectivity index (χ1n) is 7.92. The average Bonchev–Trinajstić information content (AvgIpc) is 3.27. The van der Waals surface area contributed by atoms with Gasteiger partial charge in [-0.3, -0.25) is 4.79 Å². The van der Waals surface area contributed by atoms with Gasteiger partial charge < -0.3 is 9.32 Å². The first-order chi connectivity index (χ1) is 10.7. The monoisotopic (exact) mass is 319 g/mol. The van der Waals surface area contributed by atoms with Crippen LogP contribution in [0.15, 0.2) is 21.9 Å². The van der Waals surface area contributed by atoms with E-state index in [1.165, 1.54) is 0 Å². The molecule has 0 aromatic carbocycles. The maximum Gasteiger partial charge on any atom is 0.257 e. The smallest absolute Gasteiger partial charge is 0.257 e. The van der Waals surface area contributed by atoms with E-state index >= 15 is 0 Å². The van der Waals surface area contributed by atoms with Crippen molar-refractivity contribution in [1.82, 2.24) is 15.1 Å². The molecule has 0 N–H and O–H groups in total. The summed E-state index contributed by atoms with van der Waals surface area (Å²) in [5.74, 6) is 1.44. The lowest BCUT2D eigenvalue weighted by Gasteiger charge is -2.26. The van der Waals surface area contributed by atoms with Crippen LogP contribution < -0.4 is 0 Å². The van der Waals surface area contributed by atoms with Crippen molar-refractivity contribution in [2.24, 2.45) is 5.92 Å². The highest BCUT2D eigenvalue weighted by Crippen LogP contribution is 2.35. The van der Waals surface area contributed by atoms with Crippen molar-refractivity contribution >= 4 is 17.2 Å². The van der Waals surface area contributed by atoms with Crippen LogP contribution in [0.2, 0.25) is 0 Å². The second-order valence-corrected chi connectivity index (χ2v) is 6.57. The summed E-state index contributed by atoms with van der Waals surface area (Å²) in [6.07, 6.45) is 3.65. The Bertz CT molecular complexity index is 619. The molecule has 1 unspecified atom stereocenters. The second kappa shape index (κ2) is 6.60. The van der Waals surface area contributed by atoms with E-state index in [4.69, 9.17) is 4.42 Å². The number of rotatable bonds is 5. The zero-order valence-corrected chi connectivity index (χ0v) is 13.8. The number of nitrogens with zero attached hydrogens (tertiary/aromatic N) is 3. The van der Waals surface area contributed by atoms with Crippen LogP contribution in [0.1, 0.15) is 51.5 Å². The van der Waals surface area contributed by atoms with E-state index in [1.54, 1.807) is 11.3 Å². The van der Waals surface area contributed by atoms with E-state index < -0.39 is 0 Å². The molecule has 5 nitrogen and oxygen atoms in total. The van der Waals surface area contributed by atoms with Crippen molar-refractivity contribution in [3.05, 3.63) is 23.4 Å². The predicted molar refractivity (Wildman–Crippen MR) is 85.4 cm³/mol. The predicted octanol–water partition coefficient (Wildman–Crippen LogP) is 3.90. The van der Waals surface area contributed by atoms with Gasteiger partial charge in [0, 0.05) is 12.5 Å². The summed E-state index contributed by atoms with van der Waals surface area (Å²) >= 11 is 1.57. The summed E-state index contributed by atoms with van der Waals surface area (Å²) in [5, 5.41) is 10.3. The summed E-state index contributed by atoms with van der Waals surface area (Å²) in [6, 6.07) is 3.86. The molecular formula is C16H21N3O2S. The Morgan fingerprint density at radius 1 is 1.45 bits per heavy atom. The third-order valence-electron chi connectivity index (χ3n) is 4.33. The van der Waals surface area contributed by atoms with Crippen LogP contribution in [-0.2, 0) is 4.79 Å². The fourth-order valence-electron chi connectivity index (χ4n) is 3.03. The maximum atomic E-state index is 12.7. The van der Waals surface area contributed by atoms with E-state index in [2.05, 4.69) is 24.0 Å². The highest BCUT2D eigenvalue weighted by Gasteiger charge is 2.36. The van der Waals surface area contributed by atoms with Crippen molar-refractivity contribution in [3.8, 4) is 10.8 Å². The molecule has 2 aromatic heterocycles. The summed E-state index contributed by atoms with van der Waals surface area (Å²) < 4.78 is 5.83. The third kappa shape index (κ3) is 2.79. The lowest BCUT2D eigenvalue weighted by molar-refractivity contribution is -0.137. The van der Waals surface area contributed by atoms with Gasteiger partial charge in [-0.15, -0.1) is 21.5 Å². The zero-order chi connectivity index (χ0) is 15.5. The van der Waals surface area contributed by atoms with Crippen LogP contribution in [0.3, 0.4) is 0 Å². The molecule has 3 rings (SSSR count). The average molecular weight is 319 g/mol. The summed E-state index contributed by atoms with van der Waals surface area (Å²) in [6.45, 7) is 4.92. The van der Waals surface area contributed by atoms with Gasteiger partial charge in [-0.1, -0.05) is 19.9 Å². The van der Waals surface area contributed by atoms with Crippen LogP contribution in [0, 0.1) is 5.92 Å². The Morgan fingerprint density at radius 3 is 2.95 bits per heavy atom. The lowest BCUT2D eigenvalue weighted by Crippen LogP contribution is -2.35. The molecule has 1 atom stereocenters. The van der Waals surface area contributed by atoms with Crippen molar-refractivity contribution in [2.75, 3.05) is 6.54 Å². The molecule has 0 aliphatic carbocycles. The fraction of sp³-hybridized carbons (Fsp3) is 0.562. The minimum absolute atomic E-state index is 0.0608. The number of aromatic nitrogens is 2. The van der Waals surface area contributed by atoms with Crippen LogP contribution in [-0.4, -0.2) is 27.5 Å². The normalized spacial score (nSPS) is 18.3. The number of likely N-dealkylation sites (tertiary alicyclic amines) is 1. The summed E-state index contributed by atoms with van der Waals surface area (Å²) in [5.41, 5.74) is 0. The van der Waals surface area contributed by atoms with Crippen molar-refractivity contribution < 1.29 is 9.21 Å². The first kappa shape index (κ1) is 15.2. The molecule has 6 heteroatoms. The summed E-state index contributed by atoms with van der Waals surface area (Å²) in [4.78, 5) is 15.6. The highest BCUT2D eigenvalue weighted by molar-refractivity contribution is 7.13. The SMILES string of the molecule is CCC(CC)C(=O)N1CCCC1c1nnc(-c2cccs2)o1. The van der Waals surface area contributed by atoms with Crippen LogP contribution in [0.5, 0.6) is 0 Å². The number of hydrogen-bond acceptors (Lipinski definition) is 5. The van der Waals surface area contributed by atoms with E-state index in [0.29, 0.717) is 11.8 Å². The Hall–Kier alpha value is -1.69. The van der Waals surface area contributed by atoms with Gasteiger partial charge in [0.2, 0.25) is 11.8 Å². The van der Waals surface area contributed by atoms with Gasteiger partial charge in [-0.05, 0) is 37.1 Å². The standard InChI is InChI=1S/C16H21N3O2S/c1-3-11(4-2)16(20)19-9-5-7-12(19)14-17-18-15(21-14)13-8-6-10-22-13/h6,8,10-12H,3-5,7,9H2,1-2H3. The summed E-state index contributed by atoms with van der Waals surface area (Å²) in [7, 11) is 0. The number of carbonyl (C=O) groups is 1. The maximum absolute atomic E-state index is 12.7. The lowest BCUT2D eigenvalue weighted by atomic mass is 10.0. The number of carbonyl (C=O) groups excluding carboxylic acids is 1. The van der Waals surface area contributed by atoms with E-state index in [0.717, 1.165) is 37.1 Å². The van der Waals surface area contributed by atoms with E-state index in [9.17, 15) is 4.79 Å². The van der Waals surface area contributed by atoms with E-state index in [-0.39, 0.29) is 17.9 Å². The molecule has 0 radical (unpaired) electrons. The van der Waals surface area contributed by atoms with Crippen LogP contribution >= 0.6 is 11.3 Å². The largest absolute Gasteiger partial charge is 0.418 e. The van der Waals surface area contributed by atoms with E-state index in [1.807, 2.05) is 22.4 Å². The molecule has 0 spiro atoms. The Labute approximate surface area is 134 Å². The molecule has 0 saturated carbocycles.